The SMILES string of the molecule is CCCC(C)CC(N)Cc1cccc(C(F)(F)F)c1. The Balaban J connectivity index is 2.62. The van der Waals surface area contributed by atoms with E-state index in [4.69, 9.17) is 5.73 Å². The molecule has 0 amide bonds. The van der Waals surface area contributed by atoms with Gasteiger partial charge in [0.05, 0.1) is 5.56 Å². The molecule has 0 spiro atoms. The maximum atomic E-state index is 12.6. The van der Waals surface area contributed by atoms with E-state index in [9.17, 15) is 13.2 Å². The van der Waals surface area contributed by atoms with E-state index in [0.717, 1.165) is 25.3 Å². The van der Waals surface area contributed by atoms with Crippen LogP contribution in [0.25, 0.3) is 0 Å². The first kappa shape index (κ1) is 16.0. The summed E-state index contributed by atoms with van der Waals surface area (Å²) in [6.45, 7) is 4.25. The van der Waals surface area contributed by atoms with Crippen LogP contribution in [0.5, 0.6) is 0 Å². The molecule has 2 atom stereocenters. The van der Waals surface area contributed by atoms with Crippen LogP contribution in [0.15, 0.2) is 24.3 Å². The van der Waals surface area contributed by atoms with Crippen LogP contribution in [0, 0.1) is 5.92 Å². The lowest BCUT2D eigenvalue weighted by atomic mass is 9.93. The van der Waals surface area contributed by atoms with Gasteiger partial charge in [0.2, 0.25) is 0 Å². The van der Waals surface area contributed by atoms with E-state index in [1.807, 2.05) is 0 Å². The van der Waals surface area contributed by atoms with E-state index in [0.29, 0.717) is 17.9 Å². The lowest BCUT2D eigenvalue weighted by Crippen LogP contribution is -2.25. The van der Waals surface area contributed by atoms with Gasteiger partial charge in [0, 0.05) is 6.04 Å². The summed E-state index contributed by atoms with van der Waals surface area (Å²) in [6, 6.07) is 5.36. The number of halogens is 3. The lowest BCUT2D eigenvalue weighted by molar-refractivity contribution is -0.137. The second kappa shape index (κ2) is 6.94. The fourth-order valence-corrected chi connectivity index (χ4v) is 2.39. The summed E-state index contributed by atoms with van der Waals surface area (Å²) >= 11 is 0. The molecule has 19 heavy (non-hydrogen) atoms. The Morgan fingerprint density at radius 3 is 2.53 bits per heavy atom. The van der Waals surface area contributed by atoms with E-state index in [-0.39, 0.29) is 6.04 Å². The third-order valence-corrected chi connectivity index (χ3v) is 3.24. The first-order valence-corrected chi connectivity index (χ1v) is 6.74. The number of alkyl halides is 3. The van der Waals surface area contributed by atoms with Crippen molar-refractivity contribution in [3.8, 4) is 0 Å². The van der Waals surface area contributed by atoms with Crippen molar-refractivity contribution in [2.75, 3.05) is 0 Å². The molecule has 1 aromatic carbocycles. The minimum absolute atomic E-state index is 0.0787. The van der Waals surface area contributed by atoms with Crippen molar-refractivity contribution in [2.24, 2.45) is 11.7 Å². The Hall–Kier alpha value is -1.03. The smallest absolute Gasteiger partial charge is 0.327 e. The van der Waals surface area contributed by atoms with Crippen molar-refractivity contribution in [1.82, 2.24) is 0 Å². The normalized spacial score (nSPS) is 15.3. The number of hydrogen-bond acceptors (Lipinski definition) is 1. The molecule has 0 aliphatic carbocycles. The van der Waals surface area contributed by atoms with Crippen molar-refractivity contribution in [1.29, 1.82) is 0 Å². The van der Waals surface area contributed by atoms with Crippen LogP contribution >= 0.6 is 0 Å². The molecule has 4 heteroatoms. The zero-order chi connectivity index (χ0) is 14.5. The Labute approximate surface area is 113 Å². The molecule has 1 rings (SSSR count). The molecule has 0 fully saturated rings. The molecule has 0 aliphatic heterocycles. The van der Waals surface area contributed by atoms with Gasteiger partial charge >= 0.3 is 6.18 Å². The Kier molecular flexibility index (Phi) is 5.85. The van der Waals surface area contributed by atoms with Crippen LogP contribution in [0.4, 0.5) is 13.2 Å². The number of nitrogens with two attached hydrogens (primary N) is 1. The summed E-state index contributed by atoms with van der Waals surface area (Å²) in [5.41, 5.74) is 6.07. The molecule has 0 radical (unpaired) electrons. The van der Waals surface area contributed by atoms with E-state index in [1.165, 1.54) is 12.1 Å². The van der Waals surface area contributed by atoms with Gasteiger partial charge < -0.3 is 5.73 Å². The van der Waals surface area contributed by atoms with Crippen LogP contribution in [0.2, 0.25) is 0 Å². The Bertz CT molecular complexity index is 387. The minimum atomic E-state index is -4.28. The molecule has 0 bridgehead atoms. The molecular weight excluding hydrogens is 251 g/mol. The molecule has 2 N–H and O–H groups in total. The molecule has 0 heterocycles. The average molecular weight is 273 g/mol. The Morgan fingerprint density at radius 2 is 1.95 bits per heavy atom. The number of rotatable bonds is 6. The molecule has 2 unspecified atom stereocenters. The predicted octanol–water partition coefficient (Wildman–Crippen LogP) is 4.40. The van der Waals surface area contributed by atoms with Crippen LogP contribution in [0.1, 0.15) is 44.2 Å². The summed E-state index contributed by atoms with van der Waals surface area (Å²) in [7, 11) is 0. The van der Waals surface area contributed by atoms with E-state index in [2.05, 4.69) is 13.8 Å². The van der Waals surface area contributed by atoms with Crippen molar-refractivity contribution in [3.63, 3.8) is 0 Å². The maximum absolute atomic E-state index is 12.6. The topological polar surface area (TPSA) is 26.0 Å². The largest absolute Gasteiger partial charge is 0.416 e. The van der Waals surface area contributed by atoms with Crippen LogP contribution in [-0.2, 0) is 12.6 Å². The highest BCUT2D eigenvalue weighted by atomic mass is 19.4. The quantitative estimate of drug-likeness (QED) is 0.816. The second-order valence-corrected chi connectivity index (χ2v) is 5.29. The molecule has 0 aromatic heterocycles. The van der Waals surface area contributed by atoms with Crippen molar-refractivity contribution < 1.29 is 13.2 Å². The first-order valence-electron chi connectivity index (χ1n) is 6.74. The molecular formula is C15H22F3N. The van der Waals surface area contributed by atoms with Gasteiger partial charge in [-0.25, -0.2) is 0 Å². The minimum Gasteiger partial charge on any atom is -0.327 e. The van der Waals surface area contributed by atoms with Crippen LogP contribution in [-0.4, -0.2) is 6.04 Å². The van der Waals surface area contributed by atoms with Gasteiger partial charge in [0.1, 0.15) is 0 Å². The van der Waals surface area contributed by atoms with Gasteiger partial charge in [-0.2, -0.15) is 13.2 Å². The molecule has 1 nitrogen and oxygen atoms in total. The van der Waals surface area contributed by atoms with Gasteiger partial charge in [-0.1, -0.05) is 44.9 Å². The van der Waals surface area contributed by atoms with Gasteiger partial charge in [0.15, 0.2) is 0 Å². The Morgan fingerprint density at radius 1 is 1.26 bits per heavy atom. The van der Waals surface area contributed by atoms with E-state index >= 15 is 0 Å². The van der Waals surface area contributed by atoms with E-state index in [1.54, 1.807) is 6.07 Å². The van der Waals surface area contributed by atoms with Crippen molar-refractivity contribution >= 4 is 0 Å². The highest BCUT2D eigenvalue weighted by Gasteiger charge is 2.30. The zero-order valence-corrected chi connectivity index (χ0v) is 11.5. The fraction of sp³-hybridized carbons (Fsp3) is 0.600. The maximum Gasteiger partial charge on any atom is 0.416 e. The summed E-state index contributed by atoms with van der Waals surface area (Å²) in [6.07, 6.45) is -0.717. The third kappa shape index (κ3) is 5.64. The molecule has 0 saturated heterocycles. The molecule has 0 aliphatic rings. The van der Waals surface area contributed by atoms with Gasteiger partial charge in [-0.15, -0.1) is 0 Å². The van der Waals surface area contributed by atoms with Crippen LogP contribution < -0.4 is 5.73 Å². The summed E-state index contributed by atoms with van der Waals surface area (Å²) < 4.78 is 37.8. The second-order valence-electron chi connectivity index (χ2n) is 5.29. The van der Waals surface area contributed by atoms with E-state index < -0.39 is 11.7 Å². The average Bonchev–Trinajstić information content (AvgIpc) is 2.28. The summed E-state index contributed by atoms with van der Waals surface area (Å²) in [4.78, 5) is 0. The molecule has 1 aromatic rings. The highest BCUT2D eigenvalue weighted by Crippen LogP contribution is 2.29. The fourth-order valence-electron chi connectivity index (χ4n) is 2.39. The highest BCUT2D eigenvalue weighted by molar-refractivity contribution is 5.26. The number of hydrogen-bond donors (Lipinski definition) is 1. The number of benzene rings is 1. The van der Waals surface area contributed by atoms with Gasteiger partial charge in [0.25, 0.3) is 0 Å². The first-order chi connectivity index (χ1) is 8.82. The monoisotopic (exact) mass is 273 g/mol. The van der Waals surface area contributed by atoms with Gasteiger partial charge in [-0.05, 0) is 30.4 Å². The lowest BCUT2D eigenvalue weighted by Gasteiger charge is -2.17. The molecule has 108 valence electrons. The van der Waals surface area contributed by atoms with Gasteiger partial charge in [-0.3, -0.25) is 0 Å². The predicted molar refractivity (Wildman–Crippen MR) is 71.8 cm³/mol. The third-order valence-electron chi connectivity index (χ3n) is 3.24. The zero-order valence-electron chi connectivity index (χ0n) is 11.5. The van der Waals surface area contributed by atoms with Crippen molar-refractivity contribution in [3.05, 3.63) is 35.4 Å². The van der Waals surface area contributed by atoms with Crippen molar-refractivity contribution in [2.45, 2.75) is 51.7 Å². The standard InChI is InChI=1S/C15H22F3N/c1-3-5-11(2)8-14(19)10-12-6-4-7-13(9-12)15(16,17)18/h4,6-7,9,11,14H,3,5,8,10,19H2,1-2H3. The summed E-state index contributed by atoms with van der Waals surface area (Å²) in [5, 5.41) is 0. The summed E-state index contributed by atoms with van der Waals surface area (Å²) in [5.74, 6) is 0.519. The molecule has 0 saturated carbocycles. The van der Waals surface area contributed by atoms with Crippen LogP contribution in [0.3, 0.4) is 0 Å².